The van der Waals surface area contributed by atoms with E-state index in [4.69, 9.17) is 0 Å². The number of hydrogen-bond donors (Lipinski definition) is 2. The van der Waals surface area contributed by atoms with Crippen molar-refractivity contribution in [2.75, 3.05) is 33.3 Å². The number of carbonyl (C=O) groups excluding carboxylic acids is 2. The lowest BCUT2D eigenvalue weighted by atomic mass is 9.68. The quantitative estimate of drug-likeness (QED) is 0.619. The van der Waals surface area contributed by atoms with Crippen LogP contribution in [0, 0.1) is 11.8 Å². The Morgan fingerprint density at radius 2 is 1.97 bits per heavy atom. The molecule has 0 radical (unpaired) electrons. The Labute approximate surface area is 190 Å². The minimum Gasteiger partial charge on any atom is -0.508 e. The van der Waals surface area contributed by atoms with Crippen molar-refractivity contribution in [2.24, 2.45) is 11.8 Å². The van der Waals surface area contributed by atoms with Gasteiger partial charge in [0.25, 0.3) is 0 Å². The summed E-state index contributed by atoms with van der Waals surface area (Å²) in [5.41, 5.74) is 2.22. The van der Waals surface area contributed by atoms with Crippen LogP contribution in [-0.2, 0) is 26.2 Å². The molecule has 1 aliphatic rings. The summed E-state index contributed by atoms with van der Waals surface area (Å²) in [4.78, 5) is 26.8. The molecule has 0 aromatic heterocycles. The van der Waals surface area contributed by atoms with E-state index in [0.29, 0.717) is 24.6 Å². The zero-order chi connectivity index (χ0) is 23.1. The number of ether oxygens (including phenoxy) is 1. The van der Waals surface area contributed by atoms with Gasteiger partial charge >= 0.3 is 5.97 Å². The van der Waals surface area contributed by atoms with Crippen LogP contribution in [0.2, 0.25) is 0 Å². The van der Waals surface area contributed by atoms with Crippen molar-refractivity contribution in [1.82, 2.24) is 10.2 Å². The standard InChI is InChI=1S/C26H34N2O4/c1-19-17-28(13-12-26(19,2)22-10-7-11-23(29)15-22)18-21(14-20-8-5-4-6-9-20)25(31)27-16-24(30)32-3/h4-11,15,19,21,29H,12-14,16-18H2,1-3H3,(H,27,31). The molecule has 2 aromatic rings. The maximum Gasteiger partial charge on any atom is 0.325 e. The fourth-order valence-corrected chi connectivity index (χ4v) is 4.60. The maximum absolute atomic E-state index is 12.9. The molecule has 1 fully saturated rings. The van der Waals surface area contributed by atoms with Crippen LogP contribution in [0.4, 0.5) is 0 Å². The van der Waals surface area contributed by atoms with Gasteiger partial charge in [0.15, 0.2) is 0 Å². The molecular formula is C26H34N2O4. The molecule has 0 bridgehead atoms. The molecule has 3 rings (SSSR count). The lowest BCUT2D eigenvalue weighted by molar-refractivity contribution is -0.141. The van der Waals surface area contributed by atoms with Gasteiger partial charge in [-0.05, 0) is 54.0 Å². The van der Waals surface area contributed by atoms with E-state index in [1.807, 2.05) is 42.5 Å². The third-order valence-corrected chi connectivity index (χ3v) is 6.88. The topological polar surface area (TPSA) is 78.9 Å². The van der Waals surface area contributed by atoms with Crippen LogP contribution in [0.3, 0.4) is 0 Å². The summed E-state index contributed by atoms with van der Waals surface area (Å²) in [6, 6.07) is 17.5. The molecule has 2 N–H and O–H groups in total. The number of phenols is 1. The fraction of sp³-hybridized carbons (Fsp3) is 0.462. The maximum atomic E-state index is 12.9. The monoisotopic (exact) mass is 438 g/mol. The second kappa shape index (κ2) is 10.6. The molecule has 32 heavy (non-hydrogen) atoms. The van der Waals surface area contributed by atoms with Crippen molar-refractivity contribution >= 4 is 11.9 Å². The molecule has 6 heteroatoms. The number of rotatable bonds is 8. The molecule has 3 unspecified atom stereocenters. The fourth-order valence-electron chi connectivity index (χ4n) is 4.60. The normalized spacial score (nSPS) is 22.2. The number of phenolic OH excluding ortho intramolecular Hbond substituents is 1. The number of methoxy groups -OCH3 is 1. The van der Waals surface area contributed by atoms with Crippen molar-refractivity contribution in [1.29, 1.82) is 0 Å². The first-order valence-electron chi connectivity index (χ1n) is 11.2. The molecule has 0 saturated carbocycles. The Hall–Kier alpha value is -2.86. The second-order valence-corrected chi connectivity index (χ2v) is 9.06. The van der Waals surface area contributed by atoms with Crippen molar-refractivity contribution in [3.8, 4) is 5.75 Å². The Balaban J connectivity index is 1.69. The molecule has 1 aliphatic heterocycles. The molecule has 6 nitrogen and oxygen atoms in total. The summed E-state index contributed by atoms with van der Waals surface area (Å²) in [5.74, 6) is -0.199. The summed E-state index contributed by atoms with van der Waals surface area (Å²) in [6.45, 7) is 6.73. The van der Waals surface area contributed by atoms with Crippen LogP contribution in [0.25, 0.3) is 0 Å². The first-order chi connectivity index (χ1) is 15.3. The van der Waals surface area contributed by atoms with Gasteiger partial charge in [-0.2, -0.15) is 0 Å². The SMILES string of the molecule is COC(=O)CNC(=O)C(Cc1ccccc1)CN1CCC(C)(c2cccc(O)c2)C(C)C1. The van der Waals surface area contributed by atoms with Crippen LogP contribution >= 0.6 is 0 Å². The highest BCUT2D eigenvalue weighted by Crippen LogP contribution is 2.40. The molecule has 3 atom stereocenters. The van der Waals surface area contributed by atoms with Crippen LogP contribution in [0.1, 0.15) is 31.4 Å². The van der Waals surface area contributed by atoms with Gasteiger partial charge in [-0.3, -0.25) is 9.59 Å². The molecule has 1 heterocycles. The zero-order valence-corrected chi connectivity index (χ0v) is 19.2. The van der Waals surface area contributed by atoms with E-state index in [0.717, 1.165) is 30.6 Å². The van der Waals surface area contributed by atoms with E-state index in [-0.39, 0.29) is 23.8 Å². The van der Waals surface area contributed by atoms with Crippen LogP contribution in [0.15, 0.2) is 54.6 Å². The van der Waals surface area contributed by atoms with Gasteiger partial charge in [0, 0.05) is 13.1 Å². The van der Waals surface area contributed by atoms with E-state index in [9.17, 15) is 14.7 Å². The molecule has 1 saturated heterocycles. The molecule has 1 amide bonds. The highest BCUT2D eigenvalue weighted by molar-refractivity contribution is 5.83. The molecule has 2 aromatic carbocycles. The van der Waals surface area contributed by atoms with Gasteiger partial charge in [0.1, 0.15) is 12.3 Å². The van der Waals surface area contributed by atoms with E-state index < -0.39 is 5.97 Å². The van der Waals surface area contributed by atoms with Gasteiger partial charge in [-0.1, -0.05) is 56.3 Å². The lowest BCUT2D eigenvalue weighted by Gasteiger charge is -2.45. The number of aromatic hydroxyl groups is 1. The van der Waals surface area contributed by atoms with Gasteiger partial charge in [0.2, 0.25) is 5.91 Å². The zero-order valence-electron chi connectivity index (χ0n) is 19.2. The largest absolute Gasteiger partial charge is 0.508 e. The number of hydrogen-bond acceptors (Lipinski definition) is 5. The smallest absolute Gasteiger partial charge is 0.325 e. The Morgan fingerprint density at radius 3 is 2.62 bits per heavy atom. The van der Waals surface area contributed by atoms with E-state index in [1.54, 1.807) is 6.07 Å². The average Bonchev–Trinajstić information content (AvgIpc) is 2.80. The number of piperidine rings is 1. The predicted molar refractivity (Wildman–Crippen MR) is 124 cm³/mol. The van der Waals surface area contributed by atoms with Gasteiger partial charge in [-0.25, -0.2) is 0 Å². The molecule has 0 spiro atoms. The number of esters is 1. The average molecular weight is 439 g/mol. The summed E-state index contributed by atoms with van der Waals surface area (Å²) < 4.78 is 4.65. The van der Waals surface area contributed by atoms with Crippen molar-refractivity contribution in [3.05, 3.63) is 65.7 Å². The minimum absolute atomic E-state index is 0.0304. The summed E-state index contributed by atoms with van der Waals surface area (Å²) in [6.07, 6.45) is 1.56. The van der Waals surface area contributed by atoms with Crippen molar-refractivity contribution in [3.63, 3.8) is 0 Å². The van der Waals surface area contributed by atoms with Crippen LogP contribution in [0.5, 0.6) is 5.75 Å². The summed E-state index contributed by atoms with van der Waals surface area (Å²) >= 11 is 0. The first-order valence-corrected chi connectivity index (χ1v) is 11.2. The van der Waals surface area contributed by atoms with Gasteiger partial charge < -0.3 is 20.1 Å². The van der Waals surface area contributed by atoms with Gasteiger partial charge in [-0.15, -0.1) is 0 Å². The minimum atomic E-state index is -0.453. The number of amides is 1. The van der Waals surface area contributed by atoms with E-state index in [2.05, 4.69) is 34.9 Å². The Kier molecular flexibility index (Phi) is 7.91. The number of carbonyl (C=O) groups is 2. The second-order valence-electron chi connectivity index (χ2n) is 9.06. The third-order valence-electron chi connectivity index (χ3n) is 6.88. The Morgan fingerprint density at radius 1 is 1.22 bits per heavy atom. The third kappa shape index (κ3) is 5.88. The predicted octanol–water partition coefficient (Wildman–Crippen LogP) is 3.14. The van der Waals surface area contributed by atoms with Crippen LogP contribution < -0.4 is 5.32 Å². The van der Waals surface area contributed by atoms with Crippen LogP contribution in [-0.4, -0.2) is 55.2 Å². The van der Waals surface area contributed by atoms with E-state index >= 15 is 0 Å². The van der Waals surface area contributed by atoms with Gasteiger partial charge in [0.05, 0.1) is 13.0 Å². The highest BCUT2D eigenvalue weighted by Gasteiger charge is 2.39. The van der Waals surface area contributed by atoms with Crippen molar-refractivity contribution in [2.45, 2.75) is 32.1 Å². The Bertz CT molecular complexity index is 917. The number of nitrogens with one attached hydrogen (secondary N) is 1. The summed E-state index contributed by atoms with van der Waals surface area (Å²) in [5, 5.41) is 12.7. The number of likely N-dealkylation sites (tertiary alicyclic amines) is 1. The number of benzene rings is 2. The molecule has 172 valence electrons. The summed E-state index contributed by atoms with van der Waals surface area (Å²) in [7, 11) is 1.31. The number of nitrogens with zero attached hydrogens (tertiary/aromatic N) is 1. The van der Waals surface area contributed by atoms with E-state index in [1.165, 1.54) is 7.11 Å². The van der Waals surface area contributed by atoms with Crippen molar-refractivity contribution < 1.29 is 19.4 Å². The molecule has 0 aliphatic carbocycles. The highest BCUT2D eigenvalue weighted by atomic mass is 16.5. The first kappa shape index (κ1) is 23.8. The lowest BCUT2D eigenvalue weighted by Crippen LogP contribution is -2.50. The molecular weight excluding hydrogens is 404 g/mol.